The molecule has 0 atom stereocenters. The van der Waals surface area contributed by atoms with Gasteiger partial charge in [-0.2, -0.15) is 8.42 Å². The third kappa shape index (κ3) is 13.0. The lowest BCUT2D eigenvalue weighted by molar-refractivity contribution is -0.114. The smallest absolute Gasteiger partial charge is 0.366 e. The maximum atomic E-state index is 10.8. The van der Waals surface area contributed by atoms with E-state index in [9.17, 15) is 13.2 Å². The fourth-order valence-electron chi connectivity index (χ4n) is 0.898. The van der Waals surface area contributed by atoms with E-state index in [4.69, 9.17) is 16.0 Å². The van der Waals surface area contributed by atoms with Crippen molar-refractivity contribution < 1.29 is 21.9 Å². The molecule has 102 valence electrons. The molecule has 0 radical (unpaired) electrons. The van der Waals surface area contributed by atoms with Gasteiger partial charge in [0.2, 0.25) is 5.91 Å². The summed E-state index contributed by atoms with van der Waals surface area (Å²) in [5, 5.41) is 0. The fraction of sp³-hybridized carbons (Fsp3) is 0.667. The highest BCUT2D eigenvalue weighted by molar-refractivity contribution is 7.80. The fourth-order valence-corrected chi connectivity index (χ4v) is 0.898. The maximum absolute atomic E-state index is 10.8. The Morgan fingerprint density at radius 3 is 1.94 bits per heavy atom. The second-order valence-electron chi connectivity index (χ2n) is 3.33. The highest BCUT2D eigenvalue weighted by Gasteiger charge is 2.04. The largest absolute Gasteiger partial charge is 0.397 e. The molecule has 0 spiro atoms. The van der Waals surface area contributed by atoms with Crippen LogP contribution in [-0.2, 0) is 19.4 Å². The minimum atomic E-state index is -4.16. The number of nitrogens with two attached hydrogens (primary N) is 2. The first-order valence-electron chi connectivity index (χ1n) is 4.85. The molecule has 0 heterocycles. The minimum Gasteiger partial charge on any atom is -0.366 e. The third-order valence-corrected chi connectivity index (χ3v) is 2.16. The number of hydrogen-bond acceptors (Lipinski definition) is 5. The van der Waals surface area contributed by atoms with Gasteiger partial charge in [-0.05, 0) is 33.2 Å². The minimum absolute atomic E-state index is 0.321. The molecule has 0 fully saturated rings. The molecule has 0 aliphatic carbocycles. The normalized spacial score (nSPS) is 10.2. The Hall–Kier alpha value is -0.960. The van der Waals surface area contributed by atoms with Gasteiger partial charge < -0.3 is 11.5 Å². The van der Waals surface area contributed by atoms with Gasteiger partial charge in [-0.15, -0.1) is 0 Å². The summed E-state index contributed by atoms with van der Waals surface area (Å²) in [6, 6.07) is 0. The first-order chi connectivity index (χ1) is 7.65. The molecular formula is C9H20N2O5S. The summed E-state index contributed by atoms with van der Waals surface area (Å²) in [5.74, 6) is -0.321. The Balaban J connectivity index is 0. The average Bonchev–Trinajstić information content (AvgIpc) is 2.17. The van der Waals surface area contributed by atoms with Crippen molar-refractivity contribution in [2.24, 2.45) is 11.5 Å². The third-order valence-electron chi connectivity index (χ3n) is 1.74. The number of primary amides is 1. The SMILES string of the molecule is CC(C)=C(CCCN)C(N)=O.COS(=O)(=O)O. The summed E-state index contributed by atoms with van der Waals surface area (Å²) < 4.78 is 29.7. The summed E-state index contributed by atoms with van der Waals surface area (Å²) in [6.07, 6.45) is 1.53. The number of carbonyl (C=O) groups is 1. The van der Waals surface area contributed by atoms with Crippen LogP contribution in [0.25, 0.3) is 0 Å². The van der Waals surface area contributed by atoms with E-state index in [2.05, 4.69) is 4.18 Å². The van der Waals surface area contributed by atoms with Gasteiger partial charge in [0.15, 0.2) is 0 Å². The van der Waals surface area contributed by atoms with Crippen LogP contribution in [0.1, 0.15) is 26.7 Å². The molecule has 17 heavy (non-hydrogen) atoms. The Morgan fingerprint density at radius 2 is 1.76 bits per heavy atom. The van der Waals surface area contributed by atoms with E-state index in [-0.39, 0.29) is 5.91 Å². The van der Waals surface area contributed by atoms with Gasteiger partial charge >= 0.3 is 10.4 Å². The predicted octanol–water partition coefficient (Wildman–Crippen LogP) is -0.0174. The van der Waals surface area contributed by atoms with Crippen LogP contribution in [0, 0.1) is 0 Å². The number of carbonyl (C=O) groups excluding carboxylic acids is 1. The second-order valence-corrected chi connectivity index (χ2v) is 4.52. The van der Waals surface area contributed by atoms with Gasteiger partial charge in [-0.25, -0.2) is 0 Å². The molecule has 0 aromatic heterocycles. The maximum Gasteiger partial charge on any atom is 0.397 e. The molecule has 0 aliphatic rings. The van der Waals surface area contributed by atoms with Crippen molar-refractivity contribution in [1.82, 2.24) is 0 Å². The molecule has 1 amide bonds. The summed E-state index contributed by atoms with van der Waals surface area (Å²) in [5.41, 5.74) is 12.2. The summed E-state index contributed by atoms with van der Waals surface area (Å²) >= 11 is 0. The van der Waals surface area contributed by atoms with Crippen molar-refractivity contribution in [3.63, 3.8) is 0 Å². The van der Waals surface area contributed by atoms with Crippen LogP contribution in [0.15, 0.2) is 11.1 Å². The Morgan fingerprint density at radius 1 is 1.35 bits per heavy atom. The molecule has 0 aliphatic heterocycles. The van der Waals surface area contributed by atoms with Crippen molar-refractivity contribution in [3.05, 3.63) is 11.1 Å². The quantitative estimate of drug-likeness (QED) is 0.474. The van der Waals surface area contributed by atoms with E-state index in [0.717, 1.165) is 24.7 Å². The van der Waals surface area contributed by atoms with E-state index < -0.39 is 10.4 Å². The van der Waals surface area contributed by atoms with Crippen LogP contribution in [0.3, 0.4) is 0 Å². The van der Waals surface area contributed by atoms with Crippen molar-refractivity contribution in [1.29, 1.82) is 0 Å². The predicted molar refractivity (Wildman–Crippen MR) is 64.4 cm³/mol. The van der Waals surface area contributed by atoms with E-state index in [1.807, 2.05) is 13.8 Å². The average molecular weight is 268 g/mol. The molecule has 0 unspecified atom stereocenters. The summed E-state index contributed by atoms with van der Waals surface area (Å²) in [4.78, 5) is 10.8. The van der Waals surface area contributed by atoms with E-state index >= 15 is 0 Å². The monoisotopic (exact) mass is 268 g/mol. The molecular weight excluding hydrogens is 248 g/mol. The molecule has 0 rings (SSSR count). The van der Waals surface area contributed by atoms with Gasteiger partial charge in [0.25, 0.3) is 0 Å². The van der Waals surface area contributed by atoms with Gasteiger partial charge in [-0.3, -0.25) is 13.5 Å². The van der Waals surface area contributed by atoms with Crippen molar-refractivity contribution >= 4 is 16.3 Å². The number of hydrogen-bond donors (Lipinski definition) is 3. The zero-order chi connectivity index (χ0) is 14.1. The lowest BCUT2D eigenvalue weighted by Crippen LogP contribution is -2.16. The van der Waals surface area contributed by atoms with Crippen molar-refractivity contribution in [3.8, 4) is 0 Å². The topological polar surface area (TPSA) is 133 Å². The molecule has 0 aromatic rings. The van der Waals surface area contributed by atoms with E-state index in [1.54, 1.807) is 0 Å². The van der Waals surface area contributed by atoms with Gasteiger partial charge in [0, 0.05) is 5.57 Å². The zero-order valence-electron chi connectivity index (χ0n) is 10.3. The lowest BCUT2D eigenvalue weighted by atomic mass is 10.1. The van der Waals surface area contributed by atoms with Crippen molar-refractivity contribution in [2.75, 3.05) is 13.7 Å². The van der Waals surface area contributed by atoms with Crippen LogP contribution in [0.5, 0.6) is 0 Å². The Bertz CT molecular complexity index is 358. The summed E-state index contributed by atoms with van der Waals surface area (Å²) in [6.45, 7) is 4.37. The van der Waals surface area contributed by atoms with Crippen LogP contribution in [0.4, 0.5) is 0 Å². The highest BCUT2D eigenvalue weighted by Crippen LogP contribution is 2.08. The first-order valence-corrected chi connectivity index (χ1v) is 6.21. The molecule has 7 nitrogen and oxygen atoms in total. The highest BCUT2D eigenvalue weighted by atomic mass is 32.3. The van der Waals surface area contributed by atoms with Crippen LogP contribution >= 0.6 is 0 Å². The second kappa shape index (κ2) is 9.11. The molecule has 0 bridgehead atoms. The number of amides is 1. The summed E-state index contributed by atoms with van der Waals surface area (Å²) in [7, 11) is -3.29. The van der Waals surface area contributed by atoms with Crippen molar-refractivity contribution in [2.45, 2.75) is 26.7 Å². The molecule has 0 saturated carbocycles. The van der Waals surface area contributed by atoms with Gasteiger partial charge in [0.1, 0.15) is 0 Å². The molecule has 0 aromatic carbocycles. The molecule has 5 N–H and O–H groups in total. The van der Waals surface area contributed by atoms with E-state index in [0.29, 0.717) is 13.0 Å². The standard InChI is InChI=1S/C8H16N2O.CH4O4S/c1-6(2)7(8(10)11)4-3-5-9;1-5-6(2,3)4/h3-5,9H2,1-2H3,(H2,10,11);1H3,(H,2,3,4). The number of allylic oxidation sites excluding steroid dienone is 1. The van der Waals surface area contributed by atoms with Crippen LogP contribution in [-0.4, -0.2) is 32.5 Å². The van der Waals surface area contributed by atoms with Crippen LogP contribution in [0.2, 0.25) is 0 Å². The van der Waals surface area contributed by atoms with Gasteiger partial charge in [0.05, 0.1) is 7.11 Å². The first kappa shape index (κ1) is 18.4. The lowest BCUT2D eigenvalue weighted by Gasteiger charge is -2.03. The number of rotatable bonds is 5. The molecule has 0 saturated heterocycles. The Labute approximate surface area is 102 Å². The zero-order valence-corrected chi connectivity index (χ0v) is 11.1. The van der Waals surface area contributed by atoms with E-state index in [1.165, 1.54) is 0 Å². The molecule has 8 heteroatoms. The van der Waals surface area contributed by atoms with Crippen LogP contribution < -0.4 is 11.5 Å². The Kier molecular flexibility index (Phi) is 9.86. The van der Waals surface area contributed by atoms with Gasteiger partial charge in [-0.1, -0.05) is 5.57 Å².